The number of nitrogens with one attached hydrogen (secondary N) is 2. The molecule has 0 spiro atoms. The Morgan fingerprint density at radius 1 is 1.13 bits per heavy atom. The molecule has 1 aliphatic rings. The van der Waals surface area contributed by atoms with Crippen LogP contribution in [-0.2, 0) is 19.6 Å². The SMILES string of the molecule is C=CC(=O)NCCCN(C)S(=O)(=O)c1ccc(NC(=O)C2CC2c2ccccc2)cc1. The van der Waals surface area contributed by atoms with E-state index in [9.17, 15) is 18.0 Å². The smallest absolute Gasteiger partial charge is 0.243 e. The number of sulfonamides is 1. The van der Waals surface area contributed by atoms with Gasteiger partial charge in [0, 0.05) is 31.7 Å². The molecule has 2 N–H and O–H groups in total. The molecule has 0 radical (unpaired) electrons. The fraction of sp³-hybridized carbons (Fsp3) is 0.304. The average molecular weight is 442 g/mol. The molecule has 0 heterocycles. The van der Waals surface area contributed by atoms with Crippen LogP contribution in [-0.4, -0.2) is 44.7 Å². The van der Waals surface area contributed by atoms with Crippen molar-refractivity contribution in [3.63, 3.8) is 0 Å². The Hall–Kier alpha value is -2.97. The van der Waals surface area contributed by atoms with Crippen molar-refractivity contribution in [2.45, 2.75) is 23.7 Å². The Labute approximate surface area is 183 Å². The van der Waals surface area contributed by atoms with Crippen molar-refractivity contribution in [3.05, 3.63) is 72.8 Å². The maximum absolute atomic E-state index is 12.7. The van der Waals surface area contributed by atoms with Crippen molar-refractivity contribution >= 4 is 27.5 Å². The summed E-state index contributed by atoms with van der Waals surface area (Å²) >= 11 is 0. The fourth-order valence-electron chi connectivity index (χ4n) is 3.38. The fourth-order valence-corrected chi connectivity index (χ4v) is 4.59. The number of benzene rings is 2. The van der Waals surface area contributed by atoms with Gasteiger partial charge in [-0.3, -0.25) is 9.59 Å². The van der Waals surface area contributed by atoms with Gasteiger partial charge in [0.05, 0.1) is 4.90 Å². The quantitative estimate of drug-likeness (QED) is 0.438. The second-order valence-electron chi connectivity index (χ2n) is 7.55. The number of hydrogen-bond donors (Lipinski definition) is 2. The van der Waals surface area contributed by atoms with Crippen molar-refractivity contribution in [1.82, 2.24) is 9.62 Å². The molecule has 0 aromatic heterocycles. The molecule has 1 fully saturated rings. The standard InChI is InChI=1S/C23H27N3O4S/c1-3-22(27)24-14-7-15-26(2)31(29,30)19-12-10-18(11-13-19)25-23(28)21-16-20(21)17-8-5-4-6-9-17/h3-6,8-13,20-21H,1,7,14-16H2,2H3,(H,24,27)(H,25,28). The molecular formula is C23H27N3O4S. The number of nitrogens with zero attached hydrogens (tertiary/aromatic N) is 1. The minimum atomic E-state index is -3.65. The van der Waals surface area contributed by atoms with E-state index in [1.54, 1.807) is 12.1 Å². The van der Waals surface area contributed by atoms with E-state index in [-0.39, 0.29) is 35.1 Å². The van der Waals surface area contributed by atoms with Crippen LogP contribution in [0, 0.1) is 5.92 Å². The van der Waals surface area contributed by atoms with Gasteiger partial charge < -0.3 is 10.6 Å². The number of carbonyl (C=O) groups excluding carboxylic acids is 2. The second kappa shape index (κ2) is 9.89. The van der Waals surface area contributed by atoms with Gasteiger partial charge in [-0.25, -0.2) is 12.7 Å². The molecule has 1 aliphatic carbocycles. The Morgan fingerprint density at radius 3 is 2.45 bits per heavy atom. The first-order chi connectivity index (χ1) is 14.8. The van der Waals surface area contributed by atoms with Crippen molar-refractivity contribution in [3.8, 4) is 0 Å². The predicted octanol–water partition coefficient (Wildman–Crippen LogP) is 2.74. The number of carbonyl (C=O) groups is 2. The number of rotatable bonds is 10. The third-order valence-electron chi connectivity index (χ3n) is 5.32. The maximum Gasteiger partial charge on any atom is 0.243 e. The molecule has 164 valence electrons. The summed E-state index contributed by atoms with van der Waals surface area (Å²) < 4.78 is 26.7. The van der Waals surface area contributed by atoms with Gasteiger partial charge in [-0.2, -0.15) is 0 Å². The van der Waals surface area contributed by atoms with E-state index in [2.05, 4.69) is 17.2 Å². The average Bonchev–Trinajstić information content (AvgIpc) is 3.58. The van der Waals surface area contributed by atoms with Crippen LogP contribution in [0.5, 0.6) is 0 Å². The summed E-state index contributed by atoms with van der Waals surface area (Å²) in [5.41, 5.74) is 1.73. The first-order valence-electron chi connectivity index (χ1n) is 10.2. The molecule has 2 aromatic rings. The predicted molar refractivity (Wildman–Crippen MR) is 120 cm³/mol. The lowest BCUT2D eigenvalue weighted by Gasteiger charge is -2.17. The zero-order valence-corrected chi connectivity index (χ0v) is 18.3. The molecule has 3 rings (SSSR count). The maximum atomic E-state index is 12.7. The summed E-state index contributed by atoms with van der Waals surface area (Å²) in [6, 6.07) is 16.1. The van der Waals surface area contributed by atoms with E-state index in [1.165, 1.54) is 29.6 Å². The monoisotopic (exact) mass is 441 g/mol. The van der Waals surface area contributed by atoms with Crippen molar-refractivity contribution in [2.24, 2.45) is 5.92 Å². The zero-order valence-electron chi connectivity index (χ0n) is 17.5. The van der Waals surface area contributed by atoms with Gasteiger partial charge in [-0.15, -0.1) is 0 Å². The molecule has 2 amide bonds. The topological polar surface area (TPSA) is 95.6 Å². The highest BCUT2D eigenvalue weighted by atomic mass is 32.2. The van der Waals surface area contributed by atoms with Crippen molar-refractivity contribution < 1.29 is 18.0 Å². The van der Waals surface area contributed by atoms with Crippen LogP contribution in [0.3, 0.4) is 0 Å². The Bertz CT molecular complexity index is 1040. The third kappa shape index (κ3) is 5.80. The molecule has 1 saturated carbocycles. The second-order valence-corrected chi connectivity index (χ2v) is 9.59. The van der Waals surface area contributed by atoms with Gasteiger partial charge in [0.2, 0.25) is 21.8 Å². The molecule has 0 saturated heterocycles. The third-order valence-corrected chi connectivity index (χ3v) is 7.19. The van der Waals surface area contributed by atoms with Gasteiger partial charge in [0.1, 0.15) is 0 Å². The largest absolute Gasteiger partial charge is 0.353 e. The number of anilines is 1. The number of amides is 2. The Balaban J connectivity index is 1.52. The summed E-state index contributed by atoms with van der Waals surface area (Å²) in [6.07, 6.45) is 2.47. The lowest BCUT2D eigenvalue weighted by molar-refractivity contribution is -0.117. The summed E-state index contributed by atoms with van der Waals surface area (Å²) in [4.78, 5) is 23.8. The molecule has 0 aliphatic heterocycles. The lowest BCUT2D eigenvalue weighted by Crippen LogP contribution is -2.31. The van der Waals surface area contributed by atoms with Crippen molar-refractivity contribution in [1.29, 1.82) is 0 Å². The van der Waals surface area contributed by atoms with Gasteiger partial charge in [-0.1, -0.05) is 36.9 Å². The van der Waals surface area contributed by atoms with Crippen molar-refractivity contribution in [2.75, 3.05) is 25.5 Å². The van der Waals surface area contributed by atoms with Crippen LogP contribution in [0.2, 0.25) is 0 Å². The molecule has 2 unspecified atom stereocenters. The minimum absolute atomic E-state index is 0.0526. The number of hydrogen-bond acceptors (Lipinski definition) is 4. The molecule has 7 nitrogen and oxygen atoms in total. The summed E-state index contributed by atoms with van der Waals surface area (Å²) in [5.74, 6) is -0.156. The highest BCUT2D eigenvalue weighted by Gasteiger charge is 2.43. The van der Waals surface area contributed by atoms with E-state index in [1.807, 2.05) is 30.3 Å². The molecule has 2 atom stereocenters. The van der Waals surface area contributed by atoms with Gasteiger partial charge >= 0.3 is 0 Å². The van der Waals surface area contributed by atoms with Crippen LogP contribution in [0.15, 0.2) is 72.1 Å². The normalized spacial score (nSPS) is 17.7. The zero-order chi connectivity index (χ0) is 22.4. The summed E-state index contributed by atoms with van der Waals surface area (Å²) in [6.45, 7) is 3.99. The van der Waals surface area contributed by atoms with E-state index < -0.39 is 10.0 Å². The molecular weight excluding hydrogens is 414 g/mol. The van der Waals surface area contributed by atoms with Gasteiger partial charge in [-0.05, 0) is 54.7 Å². The summed E-state index contributed by atoms with van der Waals surface area (Å²) in [5, 5.41) is 5.49. The van der Waals surface area contributed by atoms with Crippen LogP contribution < -0.4 is 10.6 Å². The Kier molecular flexibility index (Phi) is 7.25. The lowest BCUT2D eigenvalue weighted by atomic mass is 10.1. The van der Waals surface area contributed by atoms with Crippen LogP contribution in [0.4, 0.5) is 5.69 Å². The first kappa shape index (κ1) is 22.7. The molecule has 0 bridgehead atoms. The first-order valence-corrected chi connectivity index (χ1v) is 11.6. The molecule has 31 heavy (non-hydrogen) atoms. The molecule has 2 aromatic carbocycles. The van der Waals surface area contributed by atoms with E-state index >= 15 is 0 Å². The molecule has 8 heteroatoms. The van der Waals surface area contributed by atoms with Crippen LogP contribution >= 0.6 is 0 Å². The van der Waals surface area contributed by atoms with Gasteiger partial charge in [0.15, 0.2) is 0 Å². The van der Waals surface area contributed by atoms with E-state index in [4.69, 9.17) is 0 Å². The highest BCUT2D eigenvalue weighted by molar-refractivity contribution is 7.89. The minimum Gasteiger partial charge on any atom is -0.353 e. The van der Waals surface area contributed by atoms with Crippen LogP contribution in [0.25, 0.3) is 0 Å². The van der Waals surface area contributed by atoms with Gasteiger partial charge in [0.25, 0.3) is 0 Å². The summed E-state index contributed by atoms with van der Waals surface area (Å²) in [7, 11) is -2.15. The van der Waals surface area contributed by atoms with E-state index in [0.717, 1.165) is 12.0 Å². The highest BCUT2D eigenvalue weighted by Crippen LogP contribution is 2.47. The van der Waals surface area contributed by atoms with E-state index in [0.29, 0.717) is 18.7 Å². The Morgan fingerprint density at radius 2 is 1.81 bits per heavy atom. The van der Waals surface area contributed by atoms with Crippen LogP contribution in [0.1, 0.15) is 24.3 Å².